The Hall–Kier alpha value is -1.81. The highest BCUT2D eigenvalue weighted by molar-refractivity contribution is 9.10. The molecule has 9 heteroatoms. The monoisotopic (exact) mass is 408 g/mol. The van der Waals surface area contributed by atoms with Gasteiger partial charge in [-0.15, -0.1) is 5.10 Å². The predicted octanol–water partition coefficient (Wildman–Crippen LogP) is 3.02. The molecule has 6 nitrogen and oxygen atoms in total. The molecule has 2 aromatic heterocycles. The Balaban J connectivity index is 1.90. The van der Waals surface area contributed by atoms with E-state index in [-0.39, 0.29) is 4.34 Å². The summed E-state index contributed by atoms with van der Waals surface area (Å²) in [6, 6.07) is 14.1. The highest BCUT2D eigenvalue weighted by Gasteiger charge is 2.20. The number of nitrogens with two attached hydrogens (primary N) is 1. The van der Waals surface area contributed by atoms with E-state index in [4.69, 9.17) is 5.14 Å². The fourth-order valence-electron chi connectivity index (χ4n) is 2.34. The van der Waals surface area contributed by atoms with E-state index in [9.17, 15) is 8.42 Å². The molecule has 0 bridgehead atoms. The first-order valence-electron chi connectivity index (χ1n) is 6.50. The molecule has 2 aromatic carbocycles. The number of hydrogen-bond acceptors (Lipinski definition) is 5. The average molecular weight is 409 g/mol. The molecular weight excluding hydrogens is 400 g/mol. The highest BCUT2D eigenvalue weighted by Crippen LogP contribution is 2.33. The number of nitrogens with zero attached hydrogens (tertiary/aromatic N) is 3. The number of hydrogen-bond donors (Lipinski definition) is 1. The lowest BCUT2D eigenvalue weighted by molar-refractivity contribution is 0.595. The summed E-state index contributed by atoms with van der Waals surface area (Å²) >= 11 is 4.38. The van der Waals surface area contributed by atoms with Gasteiger partial charge in [-0.3, -0.25) is 0 Å². The molecule has 0 aliphatic heterocycles. The molecule has 0 saturated heterocycles. The Morgan fingerprint density at radius 3 is 2.57 bits per heavy atom. The predicted molar refractivity (Wildman–Crippen MR) is 92.9 cm³/mol. The lowest BCUT2D eigenvalue weighted by Gasteiger charge is -2.01. The van der Waals surface area contributed by atoms with Crippen LogP contribution in [0.2, 0.25) is 0 Å². The molecule has 0 amide bonds. The first-order valence-corrected chi connectivity index (χ1v) is 9.66. The lowest BCUT2D eigenvalue weighted by Crippen LogP contribution is -2.12. The van der Waals surface area contributed by atoms with Crippen LogP contribution in [0.15, 0.2) is 51.4 Å². The number of rotatable bonds is 2. The van der Waals surface area contributed by atoms with Crippen molar-refractivity contribution in [1.29, 1.82) is 0 Å². The van der Waals surface area contributed by atoms with Crippen LogP contribution in [0.5, 0.6) is 0 Å². The minimum atomic E-state index is -3.83. The van der Waals surface area contributed by atoms with Crippen LogP contribution in [0.25, 0.3) is 27.0 Å². The maximum absolute atomic E-state index is 11.4. The number of benzene rings is 2. The van der Waals surface area contributed by atoms with Crippen molar-refractivity contribution in [2.75, 3.05) is 0 Å². The molecule has 116 valence electrons. The Kier molecular flexibility index (Phi) is 3.27. The van der Waals surface area contributed by atoms with Gasteiger partial charge in [-0.2, -0.15) is 4.52 Å². The number of imidazole rings is 1. The zero-order valence-electron chi connectivity index (χ0n) is 11.5. The zero-order valence-corrected chi connectivity index (χ0v) is 14.7. The minimum absolute atomic E-state index is 0.161. The molecule has 4 rings (SSSR count). The summed E-state index contributed by atoms with van der Waals surface area (Å²) < 4.78 is 24.6. The molecule has 0 spiro atoms. The standard InChI is InChI=1S/C14H9BrN4O2S2/c15-12-11(10-6-5-8-3-1-2-4-9(8)7-10)17-13-19(12)18-14(22-13)23(16,20)21/h1-7H,(H2,16,20,21). The van der Waals surface area contributed by atoms with Crippen LogP contribution in [-0.2, 0) is 10.0 Å². The lowest BCUT2D eigenvalue weighted by atomic mass is 10.1. The van der Waals surface area contributed by atoms with Crippen molar-refractivity contribution in [2.45, 2.75) is 4.34 Å². The fraction of sp³-hybridized carbons (Fsp3) is 0. The largest absolute Gasteiger partial charge is 0.267 e. The number of fused-ring (bicyclic) bond motifs is 2. The van der Waals surface area contributed by atoms with Gasteiger partial charge in [0.25, 0.3) is 10.0 Å². The number of halogens is 1. The summed E-state index contributed by atoms with van der Waals surface area (Å²) in [6.07, 6.45) is 0. The third kappa shape index (κ3) is 2.45. The quantitative estimate of drug-likeness (QED) is 0.551. The van der Waals surface area contributed by atoms with Gasteiger partial charge in [-0.1, -0.05) is 47.7 Å². The van der Waals surface area contributed by atoms with Crippen molar-refractivity contribution < 1.29 is 8.42 Å². The normalized spacial score (nSPS) is 12.3. The van der Waals surface area contributed by atoms with E-state index in [1.54, 1.807) is 0 Å². The van der Waals surface area contributed by atoms with Gasteiger partial charge >= 0.3 is 0 Å². The molecule has 4 aromatic rings. The SMILES string of the molecule is NS(=O)(=O)c1nn2c(Br)c(-c3ccc4ccccc4c3)nc2s1. The highest BCUT2D eigenvalue weighted by atomic mass is 79.9. The molecule has 0 aliphatic rings. The van der Waals surface area contributed by atoms with Crippen LogP contribution >= 0.6 is 27.3 Å². The van der Waals surface area contributed by atoms with Crippen molar-refractivity contribution in [2.24, 2.45) is 5.14 Å². The van der Waals surface area contributed by atoms with E-state index < -0.39 is 10.0 Å². The second-order valence-corrected chi connectivity index (χ2v) is 8.36. The average Bonchev–Trinajstić information content (AvgIpc) is 3.07. The van der Waals surface area contributed by atoms with Crippen molar-refractivity contribution >= 4 is 53.0 Å². The van der Waals surface area contributed by atoms with Gasteiger partial charge in [0.05, 0.1) is 0 Å². The summed E-state index contributed by atoms with van der Waals surface area (Å²) in [6.45, 7) is 0. The van der Waals surface area contributed by atoms with Crippen molar-refractivity contribution in [3.63, 3.8) is 0 Å². The maximum atomic E-state index is 11.4. The molecule has 2 heterocycles. The van der Waals surface area contributed by atoms with Crippen LogP contribution in [0.1, 0.15) is 0 Å². The van der Waals surface area contributed by atoms with E-state index in [0.717, 1.165) is 27.7 Å². The van der Waals surface area contributed by atoms with E-state index in [0.29, 0.717) is 15.3 Å². The van der Waals surface area contributed by atoms with Crippen LogP contribution in [0, 0.1) is 0 Å². The topological polar surface area (TPSA) is 90.4 Å². The number of aromatic nitrogens is 3. The molecule has 2 N–H and O–H groups in total. The molecule has 0 unspecified atom stereocenters. The summed E-state index contributed by atoms with van der Waals surface area (Å²) in [5, 5.41) is 11.4. The Morgan fingerprint density at radius 2 is 1.87 bits per heavy atom. The van der Waals surface area contributed by atoms with Crippen LogP contribution in [0.4, 0.5) is 0 Å². The zero-order chi connectivity index (χ0) is 16.2. The second-order valence-electron chi connectivity index (χ2n) is 4.92. The molecule has 0 atom stereocenters. The maximum Gasteiger partial charge on any atom is 0.267 e. The fourth-order valence-corrected chi connectivity index (χ4v) is 4.54. The van der Waals surface area contributed by atoms with Gasteiger partial charge < -0.3 is 0 Å². The van der Waals surface area contributed by atoms with Crippen molar-refractivity contribution in [1.82, 2.24) is 14.6 Å². The van der Waals surface area contributed by atoms with E-state index in [1.165, 1.54) is 4.52 Å². The molecule has 0 radical (unpaired) electrons. The van der Waals surface area contributed by atoms with E-state index in [1.807, 2.05) is 42.5 Å². The summed E-state index contributed by atoms with van der Waals surface area (Å²) in [4.78, 5) is 4.94. The summed E-state index contributed by atoms with van der Waals surface area (Å²) in [7, 11) is -3.83. The van der Waals surface area contributed by atoms with Crippen LogP contribution in [0.3, 0.4) is 0 Å². The van der Waals surface area contributed by atoms with Gasteiger partial charge in [0, 0.05) is 5.56 Å². The van der Waals surface area contributed by atoms with Gasteiger partial charge in [-0.05, 0) is 32.8 Å². The Morgan fingerprint density at radius 1 is 1.13 bits per heavy atom. The summed E-state index contributed by atoms with van der Waals surface area (Å²) in [5.41, 5.74) is 1.63. The molecular formula is C14H9BrN4O2S2. The third-order valence-corrected chi connectivity index (χ3v) is 6.33. The van der Waals surface area contributed by atoms with E-state index >= 15 is 0 Å². The van der Waals surface area contributed by atoms with E-state index in [2.05, 4.69) is 26.0 Å². The molecule has 0 saturated carbocycles. The summed E-state index contributed by atoms with van der Waals surface area (Å²) in [5.74, 6) is 0. The smallest absolute Gasteiger partial charge is 0.223 e. The Labute approximate surface area is 143 Å². The van der Waals surface area contributed by atoms with Gasteiger partial charge in [-0.25, -0.2) is 18.5 Å². The first-order chi connectivity index (χ1) is 10.9. The van der Waals surface area contributed by atoms with Crippen molar-refractivity contribution in [3.8, 4) is 11.3 Å². The van der Waals surface area contributed by atoms with Crippen LogP contribution < -0.4 is 5.14 Å². The van der Waals surface area contributed by atoms with Gasteiger partial charge in [0.2, 0.25) is 9.30 Å². The third-order valence-electron chi connectivity index (χ3n) is 3.40. The minimum Gasteiger partial charge on any atom is -0.223 e. The second kappa shape index (κ2) is 5.10. The van der Waals surface area contributed by atoms with Crippen LogP contribution in [-0.4, -0.2) is 23.0 Å². The van der Waals surface area contributed by atoms with Gasteiger partial charge in [0.15, 0.2) is 0 Å². The molecule has 23 heavy (non-hydrogen) atoms. The number of primary sulfonamides is 1. The molecule has 0 aliphatic carbocycles. The Bertz CT molecular complexity index is 1160. The number of sulfonamides is 1. The van der Waals surface area contributed by atoms with Crippen molar-refractivity contribution in [3.05, 3.63) is 47.1 Å². The first kappa shape index (κ1) is 14.8. The molecule has 0 fully saturated rings. The van der Waals surface area contributed by atoms with Gasteiger partial charge in [0.1, 0.15) is 10.3 Å².